The Hall–Kier alpha value is -2.96. The summed E-state index contributed by atoms with van der Waals surface area (Å²) in [5, 5.41) is 5.94. The lowest BCUT2D eigenvalue weighted by atomic mass is 10.1. The van der Waals surface area contributed by atoms with Crippen LogP contribution in [0.2, 0.25) is 0 Å². The van der Waals surface area contributed by atoms with Crippen molar-refractivity contribution in [3.05, 3.63) is 42.7 Å². The first-order valence-electron chi connectivity index (χ1n) is 7.88. The lowest BCUT2D eigenvalue weighted by Gasteiger charge is -2.14. The minimum Gasteiger partial charge on any atom is -0.342 e. The van der Waals surface area contributed by atoms with Gasteiger partial charge in [0.1, 0.15) is 0 Å². The number of carbonyl (C=O) groups excluding carboxylic acids is 2. The minimum absolute atomic E-state index is 0.0417. The van der Waals surface area contributed by atoms with E-state index in [0.29, 0.717) is 24.7 Å². The van der Waals surface area contributed by atoms with Crippen molar-refractivity contribution in [2.45, 2.75) is 13.3 Å². The SMILES string of the molecule is CCN1CC(C(=O)Nc2ccc(Nc3ncccn3)cc2)CC1=O. The van der Waals surface area contributed by atoms with Crippen molar-refractivity contribution in [2.24, 2.45) is 5.92 Å². The minimum atomic E-state index is -0.284. The molecule has 0 spiro atoms. The number of nitrogens with zero attached hydrogens (tertiary/aromatic N) is 3. The number of nitrogens with one attached hydrogen (secondary N) is 2. The third-order valence-corrected chi connectivity index (χ3v) is 3.94. The highest BCUT2D eigenvalue weighted by atomic mass is 16.2. The van der Waals surface area contributed by atoms with Crippen LogP contribution in [0, 0.1) is 5.92 Å². The number of hydrogen-bond acceptors (Lipinski definition) is 5. The molecule has 0 aliphatic carbocycles. The van der Waals surface area contributed by atoms with E-state index in [1.165, 1.54) is 0 Å². The molecule has 1 aromatic carbocycles. The van der Waals surface area contributed by atoms with E-state index in [1.807, 2.05) is 19.1 Å². The molecule has 0 saturated carbocycles. The molecule has 2 heterocycles. The van der Waals surface area contributed by atoms with Gasteiger partial charge in [-0.2, -0.15) is 0 Å². The van der Waals surface area contributed by atoms with Crippen LogP contribution in [0.25, 0.3) is 0 Å². The van der Waals surface area contributed by atoms with Gasteiger partial charge in [-0.25, -0.2) is 9.97 Å². The lowest BCUT2D eigenvalue weighted by molar-refractivity contribution is -0.128. The van der Waals surface area contributed by atoms with Gasteiger partial charge >= 0.3 is 0 Å². The van der Waals surface area contributed by atoms with Crippen molar-refractivity contribution in [1.29, 1.82) is 0 Å². The number of likely N-dealkylation sites (tertiary alicyclic amines) is 1. The standard InChI is InChI=1S/C17H19N5O2/c1-2-22-11-12(10-15(22)23)16(24)20-13-4-6-14(7-5-13)21-17-18-8-3-9-19-17/h3-9,12H,2,10-11H2,1H3,(H,20,24)(H,18,19,21). The Bertz CT molecular complexity index is 718. The zero-order chi connectivity index (χ0) is 16.9. The molecule has 0 radical (unpaired) electrons. The second-order valence-electron chi connectivity index (χ2n) is 5.60. The van der Waals surface area contributed by atoms with Crippen LogP contribution in [0.4, 0.5) is 17.3 Å². The molecule has 24 heavy (non-hydrogen) atoms. The van der Waals surface area contributed by atoms with E-state index in [-0.39, 0.29) is 24.2 Å². The quantitative estimate of drug-likeness (QED) is 0.878. The Kier molecular flexibility index (Phi) is 4.69. The van der Waals surface area contributed by atoms with Gasteiger partial charge in [-0.15, -0.1) is 0 Å². The van der Waals surface area contributed by atoms with Gasteiger partial charge in [-0.1, -0.05) is 0 Å². The monoisotopic (exact) mass is 325 g/mol. The Labute approximate surface area is 140 Å². The molecule has 1 aromatic heterocycles. The fourth-order valence-electron chi connectivity index (χ4n) is 2.63. The number of rotatable bonds is 5. The maximum Gasteiger partial charge on any atom is 0.229 e. The first-order valence-corrected chi connectivity index (χ1v) is 7.88. The van der Waals surface area contributed by atoms with E-state index in [0.717, 1.165) is 5.69 Å². The zero-order valence-electron chi connectivity index (χ0n) is 13.4. The summed E-state index contributed by atoms with van der Waals surface area (Å²) < 4.78 is 0. The average molecular weight is 325 g/mol. The number of benzene rings is 1. The molecule has 2 aromatic rings. The van der Waals surface area contributed by atoms with Gasteiger partial charge in [0.2, 0.25) is 17.8 Å². The number of carbonyl (C=O) groups is 2. The molecule has 1 saturated heterocycles. The van der Waals surface area contributed by atoms with Gasteiger partial charge in [-0.3, -0.25) is 9.59 Å². The molecule has 7 nitrogen and oxygen atoms in total. The van der Waals surface area contributed by atoms with Crippen molar-refractivity contribution >= 4 is 29.1 Å². The van der Waals surface area contributed by atoms with Crippen LogP contribution in [0.1, 0.15) is 13.3 Å². The Morgan fingerprint density at radius 3 is 2.50 bits per heavy atom. The summed E-state index contributed by atoms with van der Waals surface area (Å²) in [6, 6.07) is 9.03. The average Bonchev–Trinajstić information content (AvgIpc) is 2.99. The Balaban J connectivity index is 1.58. The molecule has 2 N–H and O–H groups in total. The Morgan fingerprint density at radius 1 is 1.21 bits per heavy atom. The van der Waals surface area contributed by atoms with E-state index in [2.05, 4.69) is 20.6 Å². The van der Waals surface area contributed by atoms with E-state index < -0.39 is 0 Å². The number of aromatic nitrogens is 2. The predicted molar refractivity (Wildman–Crippen MR) is 90.7 cm³/mol. The van der Waals surface area contributed by atoms with E-state index >= 15 is 0 Å². The molecule has 1 atom stereocenters. The van der Waals surface area contributed by atoms with Crippen LogP contribution in [0.15, 0.2) is 42.7 Å². The van der Waals surface area contributed by atoms with Crippen molar-refractivity contribution in [3.8, 4) is 0 Å². The third-order valence-electron chi connectivity index (χ3n) is 3.94. The van der Waals surface area contributed by atoms with Gasteiger partial charge < -0.3 is 15.5 Å². The summed E-state index contributed by atoms with van der Waals surface area (Å²) in [7, 11) is 0. The van der Waals surface area contributed by atoms with Crippen LogP contribution in [-0.4, -0.2) is 39.8 Å². The summed E-state index contributed by atoms with van der Waals surface area (Å²) in [6.45, 7) is 3.05. The van der Waals surface area contributed by atoms with E-state index in [9.17, 15) is 9.59 Å². The number of anilines is 3. The van der Waals surface area contributed by atoms with E-state index in [4.69, 9.17) is 0 Å². The fraction of sp³-hybridized carbons (Fsp3) is 0.294. The zero-order valence-corrected chi connectivity index (χ0v) is 13.4. The summed E-state index contributed by atoms with van der Waals surface area (Å²) in [6.07, 6.45) is 3.60. The van der Waals surface area contributed by atoms with Gasteiger partial charge in [-0.05, 0) is 37.3 Å². The van der Waals surface area contributed by atoms with Gasteiger partial charge in [0.05, 0.1) is 5.92 Å². The second kappa shape index (κ2) is 7.08. The maximum absolute atomic E-state index is 12.3. The number of amides is 2. The summed E-state index contributed by atoms with van der Waals surface area (Å²) >= 11 is 0. The van der Waals surface area contributed by atoms with Crippen LogP contribution in [0.5, 0.6) is 0 Å². The highest BCUT2D eigenvalue weighted by Gasteiger charge is 2.33. The van der Waals surface area contributed by atoms with Crippen LogP contribution in [0.3, 0.4) is 0 Å². The molecule has 1 fully saturated rings. The third kappa shape index (κ3) is 3.68. The van der Waals surface area contributed by atoms with E-state index in [1.54, 1.807) is 35.5 Å². The van der Waals surface area contributed by atoms with Crippen molar-refractivity contribution in [2.75, 3.05) is 23.7 Å². The van der Waals surface area contributed by atoms with Crippen LogP contribution < -0.4 is 10.6 Å². The molecule has 124 valence electrons. The number of hydrogen-bond donors (Lipinski definition) is 2. The Morgan fingerprint density at radius 2 is 1.88 bits per heavy atom. The fourth-order valence-corrected chi connectivity index (χ4v) is 2.63. The topological polar surface area (TPSA) is 87.2 Å². The highest BCUT2D eigenvalue weighted by molar-refractivity contribution is 5.97. The summed E-state index contributed by atoms with van der Waals surface area (Å²) in [4.78, 5) is 33.9. The molecule has 3 rings (SSSR count). The lowest BCUT2D eigenvalue weighted by Crippen LogP contribution is -2.28. The first kappa shape index (κ1) is 15.9. The van der Waals surface area contributed by atoms with Gasteiger partial charge in [0, 0.05) is 43.3 Å². The van der Waals surface area contributed by atoms with Gasteiger partial charge in [0.25, 0.3) is 0 Å². The van der Waals surface area contributed by atoms with Gasteiger partial charge in [0.15, 0.2) is 0 Å². The second-order valence-corrected chi connectivity index (χ2v) is 5.60. The van der Waals surface area contributed by atoms with Crippen molar-refractivity contribution in [1.82, 2.24) is 14.9 Å². The van der Waals surface area contributed by atoms with Crippen molar-refractivity contribution in [3.63, 3.8) is 0 Å². The molecule has 1 aliphatic heterocycles. The van der Waals surface area contributed by atoms with Crippen molar-refractivity contribution < 1.29 is 9.59 Å². The highest BCUT2D eigenvalue weighted by Crippen LogP contribution is 2.21. The largest absolute Gasteiger partial charge is 0.342 e. The molecular weight excluding hydrogens is 306 g/mol. The molecular formula is C17H19N5O2. The predicted octanol–water partition coefficient (Wildman–Crippen LogP) is 2.03. The first-order chi connectivity index (χ1) is 11.7. The molecule has 1 aliphatic rings. The van der Waals surface area contributed by atoms with Crippen LogP contribution in [-0.2, 0) is 9.59 Å². The molecule has 2 amide bonds. The molecule has 1 unspecified atom stereocenters. The normalized spacial score (nSPS) is 17.0. The summed E-state index contributed by atoms with van der Waals surface area (Å²) in [5.41, 5.74) is 1.52. The maximum atomic E-state index is 12.3. The van der Waals surface area contributed by atoms with Crippen LogP contribution >= 0.6 is 0 Å². The summed E-state index contributed by atoms with van der Waals surface area (Å²) in [5.74, 6) is 0.151. The smallest absolute Gasteiger partial charge is 0.229 e. The molecule has 0 bridgehead atoms. The molecule has 7 heteroatoms.